The second kappa shape index (κ2) is 12.4. The Kier molecular flexibility index (Phi) is 9.20. The first-order valence-corrected chi connectivity index (χ1v) is 13.2. The quantitative estimate of drug-likeness (QED) is 0.308. The zero-order chi connectivity index (χ0) is 28.9. The third kappa shape index (κ3) is 6.85. The number of pyridine rings is 1. The molecule has 1 aromatic heterocycles. The van der Waals surface area contributed by atoms with Gasteiger partial charge in [-0.3, -0.25) is 4.98 Å². The molecule has 1 saturated heterocycles. The second-order valence-corrected chi connectivity index (χ2v) is 10.5. The van der Waals surface area contributed by atoms with Gasteiger partial charge >= 0.3 is 18.6 Å². The second-order valence-electron chi connectivity index (χ2n) is 10.0. The molecular formula is C29H31ClF4N4O2. The van der Waals surface area contributed by atoms with Crippen molar-refractivity contribution in [1.82, 2.24) is 20.1 Å². The number of likely N-dealkylation sites (tertiary alicyclic amines) is 1. The van der Waals surface area contributed by atoms with Crippen LogP contribution in [0.15, 0.2) is 72.9 Å². The molecule has 0 unspecified atom stereocenters. The van der Waals surface area contributed by atoms with Crippen LogP contribution in [-0.2, 0) is 12.0 Å². The van der Waals surface area contributed by atoms with Gasteiger partial charge in [-0.15, -0.1) is 0 Å². The fourth-order valence-electron chi connectivity index (χ4n) is 4.92. The summed E-state index contributed by atoms with van der Waals surface area (Å²) in [6.07, 6.45) is -5.53. The van der Waals surface area contributed by atoms with Gasteiger partial charge in [0.15, 0.2) is 0 Å². The Balaban J connectivity index is 1.80. The number of alkyl halides is 4. The number of hydrogen-bond donors (Lipinski definition) is 1. The lowest BCUT2D eigenvalue weighted by atomic mass is 9.80. The van der Waals surface area contributed by atoms with Crippen molar-refractivity contribution in [3.63, 3.8) is 0 Å². The van der Waals surface area contributed by atoms with E-state index >= 15 is 0 Å². The van der Waals surface area contributed by atoms with E-state index in [9.17, 15) is 22.4 Å². The first-order valence-electron chi connectivity index (χ1n) is 12.8. The molecule has 1 N–H and O–H groups in total. The molecule has 0 radical (unpaired) electrons. The smallest absolute Gasteiger partial charge is 0.428 e. The molecule has 2 amide bonds. The highest BCUT2D eigenvalue weighted by Crippen LogP contribution is 2.37. The molecule has 3 aromatic rings. The fraction of sp³-hybridized carbons (Fsp3) is 0.379. The summed E-state index contributed by atoms with van der Waals surface area (Å²) in [5, 5.41) is 3.50. The van der Waals surface area contributed by atoms with Gasteiger partial charge in [-0.2, -0.15) is 17.6 Å². The molecule has 1 fully saturated rings. The third-order valence-corrected chi connectivity index (χ3v) is 7.34. The largest absolute Gasteiger partial charge is 0.461 e. The maximum atomic E-state index is 13.8. The Morgan fingerprint density at radius 3 is 2.40 bits per heavy atom. The molecule has 11 heteroatoms. The summed E-state index contributed by atoms with van der Waals surface area (Å²) in [4.78, 5) is 22.1. The van der Waals surface area contributed by atoms with Crippen molar-refractivity contribution in [2.24, 2.45) is 0 Å². The molecule has 0 spiro atoms. The molecule has 0 saturated carbocycles. The van der Waals surface area contributed by atoms with Gasteiger partial charge in [0, 0.05) is 31.7 Å². The zero-order valence-electron chi connectivity index (χ0n) is 22.2. The number of halogens is 5. The molecule has 2 heterocycles. The van der Waals surface area contributed by atoms with Crippen LogP contribution < -0.4 is 10.1 Å². The predicted molar refractivity (Wildman–Crippen MR) is 145 cm³/mol. The highest BCUT2D eigenvalue weighted by Gasteiger charge is 2.45. The van der Waals surface area contributed by atoms with Crippen LogP contribution >= 0.6 is 11.6 Å². The summed E-state index contributed by atoms with van der Waals surface area (Å²) in [5.74, 6) is -0.477. The van der Waals surface area contributed by atoms with Gasteiger partial charge in [0.25, 0.3) is 0 Å². The standard InChI is InChI=1S/C29H31ClF4N4O2/c1-37(2)23-13-15-38(16-14-23)27(39)36-28(18-20-7-4-3-5-8-20,25-12-11-22(30)19-35-25)21-9-6-10-24(17-21)40-29(33,34)26(31)32/h3-12,17,19,23,26H,13-16,18H2,1-2H3,(H,36,39)/t28-/m1/s1. The SMILES string of the molecule is CN(C)C1CCN(C(=O)N[C@](Cc2ccccc2)(c2cccc(OC(F)(F)C(F)F)c2)c2ccc(Cl)cn2)CC1. The number of carbonyl (C=O) groups excluding carboxylic acids is 1. The first kappa shape index (κ1) is 29.6. The highest BCUT2D eigenvalue weighted by molar-refractivity contribution is 6.30. The van der Waals surface area contributed by atoms with E-state index in [2.05, 4.69) is 19.9 Å². The van der Waals surface area contributed by atoms with Gasteiger partial charge in [-0.25, -0.2) is 4.79 Å². The number of urea groups is 1. The minimum atomic E-state index is -4.70. The normalized spacial score (nSPS) is 16.2. The van der Waals surface area contributed by atoms with Crippen molar-refractivity contribution in [1.29, 1.82) is 0 Å². The number of benzene rings is 2. The minimum Gasteiger partial charge on any atom is -0.428 e. The van der Waals surface area contributed by atoms with Gasteiger partial charge < -0.3 is 19.9 Å². The Bertz CT molecular complexity index is 1270. The van der Waals surface area contributed by atoms with Crippen molar-refractivity contribution >= 4 is 17.6 Å². The van der Waals surface area contributed by atoms with E-state index in [0.717, 1.165) is 24.5 Å². The van der Waals surface area contributed by atoms with E-state index in [1.807, 2.05) is 44.4 Å². The van der Waals surface area contributed by atoms with Gasteiger partial charge in [0.2, 0.25) is 0 Å². The number of hydrogen-bond acceptors (Lipinski definition) is 4. The van der Waals surface area contributed by atoms with E-state index in [4.69, 9.17) is 11.6 Å². The van der Waals surface area contributed by atoms with Gasteiger partial charge in [0.05, 0.1) is 10.7 Å². The van der Waals surface area contributed by atoms with Crippen LogP contribution in [0.25, 0.3) is 0 Å². The lowest BCUT2D eigenvalue weighted by molar-refractivity contribution is -0.253. The fourth-order valence-corrected chi connectivity index (χ4v) is 5.04. The van der Waals surface area contributed by atoms with Gasteiger partial charge in [-0.1, -0.05) is 54.1 Å². The molecule has 2 aromatic carbocycles. The Labute approximate surface area is 235 Å². The molecule has 0 bridgehead atoms. The van der Waals surface area contributed by atoms with Crippen molar-refractivity contribution in [3.8, 4) is 5.75 Å². The Morgan fingerprint density at radius 2 is 1.80 bits per heavy atom. The van der Waals surface area contributed by atoms with Crippen LogP contribution in [0, 0.1) is 0 Å². The lowest BCUT2D eigenvalue weighted by Crippen LogP contribution is -2.56. The minimum absolute atomic E-state index is 0.178. The Hall–Kier alpha value is -3.37. The Morgan fingerprint density at radius 1 is 1.10 bits per heavy atom. The molecule has 1 aliphatic rings. The monoisotopic (exact) mass is 578 g/mol. The molecular weight excluding hydrogens is 548 g/mol. The summed E-state index contributed by atoms with van der Waals surface area (Å²) < 4.78 is 57.9. The van der Waals surface area contributed by atoms with E-state index < -0.39 is 23.8 Å². The van der Waals surface area contributed by atoms with E-state index in [0.29, 0.717) is 35.4 Å². The van der Waals surface area contributed by atoms with Gasteiger partial charge in [0.1, 0.15) is 11.3 Å². The summed E-state index contributed by atoms with van der Waals surface area (Å²) in [6, 6.07) is 17.9. The topological polar surface area (TPSA) is 57.7 Å². The number of ether oxygens (including phenoxy) is 1. The van der Waals surface area contributed by atoms with Crippen LogP contribution in [0.2, 0.25) is 5.02 Å². The van der Waals surface area contributed by atoms with Crippen LogP contribution in [0.5, 0.6) is 5.75 Å². The van der Waals surface area contributed by atoms with Crippen LogP contribution in [0.3, 0.4) is 0 Å². The molecule has 6 nitrogen and oxygen atoms in total. The van der Waals surface area contributed by atoms with Gasteiger partial charge in [-0.05, 0) is 62.3 Å². The number of carbonyl (C=O) groups is 1. The number of amides is 2. The third-order valence-electron chi connectivity index (χ3n) is 7.11. The van der Waals surface area contributed by atoms with Crippen LogP contribution in [0.4, 0.5) is 22.4 Å². The summed E-state index contributed by atoms with van der Waals surface area (Å²) in [6.45, 7) is 1.04. The number of rotatable bonds is 9. The molecule has 1 atom stereocenters. The number of piperidine rings is 1. The number of nitrogens with one attached hydrogen (secondary N) is 1. The predicted octanol–water partition coefficient (Wildman–Crippen LogP) is 6.19. The number of aromatic nitrogens is 1. The summed E-state index contributed by atoms with van der Waals surface area (Å²) in [7, 11) is 4.01. The van der Waals surface area contributed by atoms with Crippen LogP contribution in [-0.4, -0.2) is 66.6 Å². The van der Waals surface area contributed by atoms with E-state index in [1.54, 1.807) is 23.1 Å². The van der Waals surface area contributed by atoms with Crippen molar-refractivity contribution in [2.75, 3.05) is 27.2 Å². The zero-order valence-corrected chi connectivity index (χ0v) is 22.9. The van der Waals surface area contributed by atoms with E-state index in [-0.39, 0.29) is 12.5 Å². The average Bonchev–Trinajstić information content (AvgIpc) is 2.93. The highest BCUT2D eigenvalue weighted by atomic mass is 35.5. The average molecular weight is 579 g/mol. The van der Waals surface area contributed by atoms with E-state index in [1.165, 1.54) is 18.3 Å². The molecule has 214 valence electrons. The van der Waals surface area contributed by atoms with Crippen molar-refractivity contribution in [2.45, 2.75) is 43.4 Å². The molecule has 40 heavy (non-hydrogen) atoms. The summed E-state index contributed by atoms with van der Waals surface area (Å²) in [5.41, 5.74) is 0.136. The lowest BCUT2D eigenvalue weighted by Gasteiger charge is -2.40. The maximum Gasteiger partial charge on any atom is 0.461 e. The molecule has 0 aliphatic carbocycles. The number of nitrogens with zero attached hydrogens (tertiary/aromatic N) is 3. The van der Waals surface area contributed by atoms with Crippen LogP contribution in [0.1, 0.15) is 29.7 Å². The van der Waals surface area contributed by atoms with Crippen molar-refractivity contribution < 1.29 is 27.1 Å². The molecule has 4 rings (SSSR count). The maximum absolute atomic E-state index is 13.8. The van der Waals surface area contributed by atoms with Crippen molar-refractivity contribution in [3.05, 3.63) is 94.8 Å². The molecule has 1 aliphatic heterocycles. The summed E-state index contributed by atoms with van der Waals surface area (Å²) >= 11 is 6.13. The first-order chi connectivity index (χ1) is 19.0.